The summed E-state index contributed by atoms with van der Waals surface area (Å²) in [5, 5.41) is 2.84. The fourth-order valence-electron chi connectivity index (χ4n) is 1.96. The van der Waals surface area contributed by atoms with E-state index in [1.807, 2.05) is 42.5 Å². The van der Waals surface area contributed by atoms with Gasteiger partial charge in [-0.1, -0.05) is 34.1 Å². The molecule has 4 nitrogen and oxygen atoms in total. The number of rotatable bonds is 7. The summed E-state index contributed by atoms with van der Waals surface area (Å²) in [6, 6.07) is 15.0. The molecule has 116 valence electrons. The van der Waals surface area contributed by atoms with Gasteiger partial charge in [0.1, 0.15) is 12.4 Å². The highest BCUT2D eigenvalue weighted by atomic mass is 79.9. The smallest absolute Gasteiger partial charge is 0.251 e. The fraction of sp³-hybridized carbons (Fsp3) is 0.235. The van der Waals surface area contributed by atoms with Crippen LogP contribution in [-0.4, -0.2) is 26.2 Å². The van der Waals surface area contributed by atoms with Crippen LogP contribution in [-0.2, 0) is 11.3 Å². The minimum atomic E-state index is -0.115. The normalized spacial score (nSPS) is 10.3. The van der Waals surface area contributed by atoms with E-state index in [4.69, 9.17) is 9.47 Å². The van der Waals surface area contributed by atoms with Crippen LogP contribution in [0, 0.1) is 0 Å². The van der Waals surface area contributed by atoms with Crippen LogP contribution in [0.25, 0.3) is 0 Å². The first-order valence-electron chi connectivity index (χ1n) is 6.93. The van der Waals surface area contributed by atoms with Gasteiger partial charge in [-0.25, -0.2) is 0 Å². The lowest BCUT2D eigenvalue weighted by Crippen LogP contribution is -2.28. The Labute approximate surface area is 138 Å². The number of hydrogen-bond acceptors (Lipinski definition) is 3. The van der Waals surface area contributed by atoms with Crippen molar-refractivity contribution in [2.45, 2.75) is 6.61 Å². The average molecular weight is 364 g/mol. The Morgan fingerprint density at radius 1 is 1.18 bits per heavy atom. The van der Waals surface area contributed by atoms with Crippen molar-refractivity contribution in [3.8, 4) is 5.75 Å². The Bertz CT molecular complexity index is 631. The summed E-state index contributed by atoms with van der Waals surface area (Å²) >= 11 is 3.38. The standard InChI is InChI=1S/C17H18BrNO3/c1-21-12-13-4-2-5-14(10-13)17(20)19-8-9-22-16-7-3-6-15(18)11-16/h2-7,10-11H,8-9,12H2,1H3,(H,19,20). The van der Waals surface area contributed by atoms with E-state index in [0.717, 1.165) is 15.8 Å². The highest BCUT2D eigenvalue weighted by Gasteiger charge is 2.05. The van der Waals surface area contributed by atoms with Gasteiger partial charge in [0, 0.05) is 17.1 Å². The summed E-state index contributed by atoms with van der Waals surface area (Å²) in [6.45, 7) is 1.35. The van der Waals surface area contributed by atoms with Crippen LogP contribution in [0.3, 0.4) is 0 Å². The Balaban J connectivity index is 1.79. The maximum Gasteiger partial charge on any atom is 0.251 e. The van der Waals surface area contributed by atoms with E-state index in [1.165, 1.54) is 0 Å². The molecule has 1 amide bonds. The third-order valence-corrected chi connectivity index (χ3v) is 3.45. The van der Waals surface area contributed by atoms with E-state index < -0.39 is 0 Å². The van der Waals surface area contributed by atoms with Gasteiger partial charge in [0.05, 0.1) is 13.2 Å². The molecule has 0 heterocycles. The third kappa shape index (κ3) is 5.16. The number of methoxy groups -OCH3 is 1. The molecule has 2 aromatic carbocycles. The topological polar surface area (TPSA) is 47.6 Å². The van der Waals surface area contributed by atoms with Crippen molar-refractivity contribution < 1.29 is 14.3 Å². The van der Waals surface area contributed by atoms with E-state index in [-0.39, 0.29) is 5.91 Å². The number of benzene rings is 2. The van der Waals surface area contributed by atoms with Gasteiger partial charge in [-0.2, -0.15) is 0 Å². The second kappa shape index (κ2) is 8.56. The van der Waals surface area contributed by atoms with Crippen LogP contribution in [0.5, 0.6) is 5.75 Å². The van der Waals surface area contributed by atoms with E-state index in [9.17, 15) is 4.79 Å². The van der Waals surface area contributed by atoms with Gasteiger partial charge in [-0.3, -0.25) is 4.79 Å². The highest BCUT2D eigenvalue weighted by molar-refractivity contribution is 9.10. The summed E-state index contributed by atoms with van der Waals surface area (Å²) in [4.78, 5) is 12.1. The summed E-state index contributed by atoms with van der Waals surface area (Å²) in [5.74, 6) is 0.654. The van der Waals surface area contributed by atoms with Gasteiger partial charge in [0.2, 0.25) is 0 Å². The second-order valence-corrected chi connectivity index (χ2v) is 5.61. The molecule has 0 atom stereocenters. The number of ether oxygens (including phenoxy) is 2. The number of amides is 1. The zero-order valence-electron chi connectivity index (χ0n) is 12.3. The van der Waals surface area contributed by atoms with Gasteiger partial charge in [-0.15, -0.1) is 0 Å². The summed E-state index contributed by atoms with van der Waals surface area (Å²) in [6.07, 6.45) is 0. The van der Waals surface area contributed by atoms with Crippen molar-refractivity contribution in [2.75, 3.05) is 20.3 Å². The largest absolute Gasteiger partial charge is 0.492 e. The third-order valence-electron chi connectivity index (χ3n) is 2.95. The number of carbonyl (C=O) groups is 1. The van der Waals surface area contributed by atoms with Crippen molar-refractivity contribution >= 4 is 21.8 Å². The lowest BCUT2D eigenvalue weighted by Gasteiger charge is -2.09. The fourth-order valence-corrected chi connectivity index (χ4v) is 2.34. The zero-order valence-corrected chi connectivity index (χ0v) is 13.9. The van der Waals surface area contributed by atoms with Gasteiger partial charge < -0.3 is 14.8 Å². The molecule has 0 saturated carbocycles. The highest BCUT2D eigenvalue weighted by Crippen LogP contribution is 2.17. The molecule has 0 unspecified atom stereocenters. The molecule has 0 spiro atoms. The average Bonchev–Trinajstić information content (AvgIpc) is 2.52. The number of carbonyl (C=O) groups excluding carboxylic acids is 1. The minimum Gasteiger partial charge on any atom is -0.492 e. The molecule has 1 N–H and O–H groups in total. The molecule has 0 bridgehead atoms. The lowest BCUT2D eigenvalue weighted by molar-refractivity contribution is 0.0946. The quantitative estimate of drug-likeness (QED) is 0.766. The maximum absolute atomic E-state index is 12.1. The molecule has 0 fully saturated rings. The van der Waals surface area contributed by atoms with E-state index in [1.54, 1.807) is 13.2 Å². The van der Waals surface area contributed by atoms with Crippen molar-refractivity contribution in [2.24, 2.45) is 0 Å². The molecule has 0 aliphatic rings. The molecule has 0 aliphatic heterocycles. The van der Waals surface area contributed by atoms with Crippen molar-refractivity contribution in [3.63, 3.8) is 0 Å². The van der Waals surface area contributed by atoms with Crippen LogP contribution in [0.2, 0.25) is 0 Å². The van der Waals surface area contributed by atoms with Crippen LogP contribution < -0.4 is 10.1 Å². The summed E-state index contributed by atoms with van der Waals surface area (Å²) in [7, 11) is 1.63. The van der Waals surface area contributed by atoms with Crippen LogP contribution >= 0.6 is 15.9 Å². The monoisotopic (exact) mass is 363 g/mol. The lowest BCUT2D eigenvalue weighted by atomic mass is 10.1. The van der Waals surface area contributed by atoms with E-state index in [0.29, 0.717) is 25.3 Å². The van der Waals surface area contributed by atoms with E-state index in [2.05, 4.69) is 21.2 Å². The predicted molar refractivity (Wildman–Crippen MR) is 89.1 cm³/mol. The molecule has 0 aromatic heterocycles. The molecule has 2 rings (SSSR count). The molecule has 5 heteroatoms. The molecule has 0 radical (unpaired) electrons. The van der Waals surface area contributed by atoms with Gasteiger partial charge in [0.25, 0.3) is 5.91 Å². The Morgan fingerprint density at radius 3 is 2.77 bits per heavy atom. The number of halogens is 1. The van der Waals surface area contributed by atoms with Gasteiger partial charge in [-0.05, 0) is 35.9 Å². The van der Waals surface area contributed by atoms with Crippen LogP contribution in [0.15, 0.2) is 53.0 Å². The van der Waals surface area contributed by atoms with E-state index >= 15 is 0 Å². The van der Waals surface area contributed by atoms with Crippen molar-refractivity contribution in [3.05, 3.63) is 64.1 Å². The molecule has 22 heavy (non-hydrogen) atoms. The van der Waals surface area contributed by atoms with Gasteiger partial charge >= 0.3 is 0 Å². The Kier molecular flexibility index (Phi) is 6.43. The predicted octanol–water partition coefficient (Wildman–Crippen LogP) is 3.40. The summed E-state index contributed by atoms with van der Waals surface area (Å²) < 4.78 is 11.6. The minimum absolute atomic E-state index is 0.115. The first kappa shape index (κ1) is 16.5. The molecule has 0 saturated heterocycles. The maximum atomic E-state index is 12.1. The second-order valence-electron chi connectivity index (χ2n) is 4.70. The van der Waals surface area contributed by atoms with Crippen molar-refractivity contribution in [1.82, 2.24) is 5.32 Å². The number of hydrogen-bond donors (Lipinski definition) is 1. The Hall–Kier alpha value is -1.85. The molecule has 2 aromatic rings. The van der Waals surface area contributed by atoms with Crippen LogP contribution in [0.4, 0.5) is 0 Å². The Morgan fingerprint density at radius 2 is 2.00 bits per heavy atom. The first-order valence-corrected chi connectivity index (χ1v) is 7.73. The number of nitrogens with one attached hydrogen (secondary N) is 1. The SMILES string of the molecule is COCc1cccc(C(=O)NCCOc2cccc(Br)c2)c1. The first-order chi connectivity index (χ1) is 10.7. The summed E-state index contributed by atoms with van der Waals surface area (Å²) in [5.41, 5.74) is 1.59. The van der Waals surface area contributed by atoms with Crippen molar-refractivity contribution in [1.29, 1.82) is 0 Å². The zero-order chi connectivity index (χ0) is 15.8. The molecule has 0 aliphatic carbocycles. The molecular weight excluding hydrogens is 346 g/mol. The van der Waals surface area contributed by atoms with Gasteiger partial charge in [0.15, 0.2) is 0 Å². The molecular formula is C17H18BrNO3. The van der Waals surface area contributed by atoms with Crippen LogP contribution in [0.1, 0.15) is 15.9 Å².